The molecule has 0 N–H and O–H groups in total. The predicted octanol–water partition coefficient (Wildman–Crippen LogP) is 5.72. The molecule has 0 unspecified atom stereocenters. The van der Waals surface area contributed by atoms with Crippen LogP contribution in [0.15, 0.2) is 59.6 Å². The minimum absolute atomic E-state index is 0.994. The molecule has 24 heavy (non-hydrogen) atoms. The summed E-state index contributed by atoms with van der Waals surface area (Å²) in [7, 11) is 1.83. The van der Waals surface area contributed by atoms with Gasteiger partial charge in [0, 0.05) is 6.21 Å². The zero-order chi connectivity index (χ0) is 17.5. The summed E-state index contributed by atoms with van der Waals surface area (Å²) < 4.78 is 8.19. The summed E-state index contributed by atoms with van der Waals surface area (Å²) in [6.07, 6.45) is 1.92. The Kier molecular flexibility index (Phi) is 6.48. The predicted molar refractivity (Wildman–Crippen MR) is 96.7 cm³/mol. The maximum atomic E-state index is 8.19. The zero-order valence-electron chi connectivity index (χ0n) is 14.0. The van der Waals surface area contributed by atoms with Gasteiger partial charge >= 0.3 is 21.0 Å². The second-order valence-corrected chi connectivity index (χ2v) is 5.45. The molecule has 0 aliphatic rings. The molecule has 0 spiro atoms. The van der Waals surface area contributed by atoms with Gasteiger partial charge in [0.1, 0.15) is 0 Å². The molecular weight excluding hydrogens is 335 g/mol. The number of aliphatic imine (C=N–C) groups is 1. The number of nitrogens with zero attached hydrogens (tertiary/aromatic N) is 2. The van der Waals surface area contributed by atoms with Crippen LogP contribution in [0, 0.1) is 13.8 Å². The number of fused-ring (bicyclic) bond motifs is 1. The SMILES string of the molecule is C[N-]c1c(C=Nc2c(C)cccc2C)ccc2ccccc12.[O]=[V]. The number of aryl methyl sites for hydroxylation is 2. The van der Waals surface area contributed by atoms with Gasteiger partial charge < -0.3 is 5.32 Å². The second kappa shape index (κ2) is 8.58. The Labute approximate surface area is 152 Å². The van der Waals surface area contributed by atoms with Gasteiger partial charge in [-0.2, -0.15) is 0 Å². The van der Waals surface area contributed by atoms with Crippen molar-refractivity contribution in [1.29, 1.82) is 0 Å². The Balaban J connectivity index is 0.00000100. The molecule has 0 bridgehead atoms. The number of hydrogen-bond acceptors (Lipinski definition) is 2. The van der Waals surface area contributed by atoms with Crippen LogP contribution in [0.1, 0.15) is 16.7 Å². The Bertz CT molecular complexity index is 854. The molecule has 3 rings (SSSR count). The van der Waals surface area contributed by atoms with Crippen LogP contribution in [0.5, 0.6) is 0 Å². The Morgan fingerprint density at radius 1 is 0.917 bits per heavy atom. The quantitative estimate of drug-likeness (QED) is 0.555. The Morgan fingerprint density at radius 3 is 2.25 bits per heavy atom. The first-order valence-corrected chi connectivity index (χ1v) is 8.18. The van der Waals surface area contributed by atoms with Gasteiger partial charge in [0.15, 0.2) is 0 Å². The fraction of sp³-hybridized carbons (Fsp3) is 0.150. The summed E-state index contributed by atoms with van der Waals surface area (Å²) in [6, 6.07) is 18.8. The van der Waals surface area contributed by atoms with Crippen LogP contribution in [0.2, 0.25) is 0 Å². The summed E-state index contributed by atoms with van der Waals surface area (Å²) in [5.74, 6) is 0. The van der Waals surface area contributed by atoms with E-state index in [1.807, 2.05) is 25.4 Å². The van der Waals surface area contributed by atoms with Crippen LogP contribution in [0.25, 0.3) is 16.1 Å². The summed E-state index contributed by atoms with van der Waals surface area (Å²) in [6.45, 7) is 4.18. The molecular formula is C20H19N2OV-. The molecule has 0 atom stereocenters. The van der Waals surface area contributed by atoms with E-state index in [0.29, 0.717) is 0 Å². The zero-order valence-corrected chi connectivity index (χ0v) is 15.4. The van der Waals surface area contributed by atoms with Gasteiger partial charge in [-0.25, -0.2) is 0 Å². The molecule has 0 saturated heterocycles. The van der Waals surface area contributed by atoms with Crippen molar-refractivity contribution in [3.05, 3.63) is 76.6 Å². The first-order chi connectivity index (χ1) is 11.7. The van der Waals surface area contributed by atoms with Gasteiger partial charge in [0.25, 0.3) is 0 Å². The van der Waals surface area contributed by atoms with Crippen molar-refractivity contribution in [2.45, 2.75) is 13.8 Å². The molecule has 0 radical (unpaired) electrons. The van der Waals surface area contributed by atoms with Crippen molar-refractivity contribution in [2.75, 3.05) is 7.05 Å². The topological polar surface area (TPSA) is 43.5 Å². The van der Waals surface area contributed by atoms with Gasteiger partial charge in [0.2, 0.25) is 0 Å². The van der Waals surface area contributed by atoms with Crippen LogP contribution < -0.4 is 0 Å². The van der Waals surface area contributed by atoms with Gasteiger partial charge in [0.05, 0.1) is 5.69 Å². The van der Waals surface area contributed by atoms with E-state index in [4.69, 9.17) is 8.67 Å². The Hall–Kier alpha value is -2.23. The van der Waals surface area contributed by atoms with Crippen LogP contribution in [-0.2, 0) is 21.0 Å². The molecule has 0 amide bonds. The van der Waals surface area contributed by atoms with Crippen molar-refractivity contribution in [2.24, 2.45) is 4.99 Å². The second-order valence-electron chi connectivity index (χ2n) is 5.45. The average molecular weight is 354 g/mol. The number of benzene rings is 3. The molecule has 3 aromatic rings. The fourth-order valence-electron chi connectivity index (χ4n) is 2.77. The van der Waals surface area contributed by atoms with Crippen LogP contribution in [0.4, 0.5) is 11.4 Å². The molecule has 0 aliphatic heterocycles. The molecule has 0 aromatic heterocycles. The van der Waals surface area contributed by atoms with Crippen LogP contribution in [0.3, 0.4) is 0 Å². The van der Waals surface area contributed by atoms with E-state index in [0.717, 1.165) is 39.7 Å². The van der Waals surface area contributed by atoms with Gasteiger partial charge in [-0.05, 0) is 41.3 Å². The van der Waals surface area contributed by atoms with Crippen molar-refractivity contribution >= 4 is 28.4 Å². The van der Waals surface area contributed by atoms with Crippen molar-refractivity contribution in [3.63, 3.8) is 0 Å². The molecule has 0 fully saturated rings. The molecule has 0 aliphatic carbocycles. The first kappa shape index (κ1) is 18.1. The third-order valence-corrected chi connectivity index (χ3v) is 3.93. The molecule has 0 saturated carbocycles. The van der Waals surface area contributed by atoms with E-state index in [9.17, 15) is 0 Å². The standard InChI is InChI=1S/C20H19N2.O.V/c1-14-7-6-8-15(2)19(14)22-13-17-12-11-16-9-4-5-10-18(16)20(17)21-3;;/h4-13H,1-3H3;;/q-1;;. The number of rotatable bonds is 3. The summed E-state index contributed by atoms with van der Waals surface area (Å²) in [5.41, 5.74) is 5.45. The molecule has 4 heteroatoms. The van der Waals surface area contributed by atoms with E-state index >= 15 is 0 Å². The maximum absolute atomic E-state index is 8.19. The van der Waals surface area contributed by atoms with Gasteiger partial charge in [-0.15, -0.1) is 12.7 Å². The fourth-order valence-corrected chi connectivity index (χ4v) is 2.77. The van der Waals surface area contributed by atoms with Crippen LogP contribution in [-0.4, -0.2) is 13.3 Å². The monoisotopic (exact) mass is 354 g/mol. The van der Waals surface area contributed by atoms with Crippen LogP contribution >= 0.6 is 0 Å². The summed E-state index contributed by atoms with van der Waals surface area (Å²) >= 11 is 1.06. The molecule has 0 heterocycles. The number of hydrogen-bond donors (Lipinski definition) is 0. The molecule has 3 aromatic carbocycles. The van der Waals surface area contributed by atoms with E-state index in [-0.39, 0.29) is 0 Å². The normalized spacial score (nSPS) is 10.4. The van der Waals surface area contributed by atoms with Crippen molar-refractivity contribution in [1.82, 2.24) is 0 Å². The van der Waals surface area contributed by atoms with Crippen molar-refractivity contribution < 1.29 is 21.0 Å². The first-order valence-electron chi connectivity index (χ1n) is 7.61. The number of para-hydroxylation sites is 1. The average Bonchev–Trinajstić information content (AvgIpc) is 2.62. The minimum atomic E-state index is 0.994. The van der Waals surface area contributed by atoms with Crippen molar-refractivity contribution in [3.8, 4) is 0 Å². The third kappa shape index (κ3) is 3.81. The van der Waals surface area contributed by atoms with Gasteiger partial charge in [-0.3, -0.25) is 4.99 Å². The third-order valence-electron chi connectivity index (χ3n) is 3.93. The van der Waals surface area contributed by atoms with E-state index < -0.39 is 0 Å². The van der Waals surface area contributed by atoms with Gasteiger partial charge in [-0.1, -0.05) is 54.6 Å². The van der Waals surface area contributed by atoms with E-state index in [2.05, 4.69) is 61.6 Å². The van der Waals surface area contributed by atoms with E-state index in [1.165, 1.54) is 16.5 Å². The Morgan fingerprint density at radius 2 is 1.58 bits per heavy atom. The molecule has 121 valence electrons. The summed E-state index contributed by atoms with van der Waals surface area (Å²) in [4.78, 5) is 4.71. The van der Waals surface area contributed by atoms with E-state index in [1.54, 1.807) is 0 Å². The molecule has 3 nitrogen and oxygen atoms in total. The summed E-state index contributed by atoms with van der Waals surface area (Å²) in [5, 5.41) is 6.83.